The Morgan fingerprint density at radius 1 is 1.00 bits per heavy atom. The van der Waals surface area contributed by atoms with Crippen LogP contribution in [0.5, 0.6) is 5.88 Å². The van der Waals surface area contributed by atoms with E-state index in [2.05, 4.69) is 63.5 Å². The van der Waals surface area contributed by atoms with E-state index in [0.29, 0.717) is 31.6 Å². The minimum Gasteiger partial charge on any atom is -0.477 e. The van der Waals surface area contributed by atoms with Crippen LogP contribution in [0.4, 0.5) is 17.3 Å². The zero-order valence-electron chi connectivity index (χ0n) is 20.9. The molecule has 0 unspecified atom stereocenters. The van der Waals surface area contributed by atoms with Crippen LogP contribution in [0.15, 0.2) is 74.1 Å². The average molecular weight is 487 g/mol. The Labute approximate surface area is 213 Å². The van der Waals surface area contributed by atoms with Gasteiger partial charge in [-0.15, -0.1) is 13.2 Å². The second-order valence-electron chi connectivity index (χ2n) is 8.64. The van der Waals surface area contributed by atoms with Gasteiger partial charge in [0.05, 0.1) is 25.5 Å². The predicted molar refractivity (Wildman–Crippen MR) is 145 cm³/mol. The second-order valence-corrected chi connectivity index (χ2v) is 8.64. The van der Waals surface area contributed by atoms with Gasteiger partial charge < -0.3 is 24.6 Å². The van der Waals surface area contributed by atoms with Crippen molar-refractivity contribution in [3.05, 3.63) is 79.7 Å². The molecule has 3 aromatic rings. The maximum atomic E-state index is 5.81. The molecule has 1 fully saturated rings. The summed E-state index contributed by atoms with van der Waals surface area (Å²) in [5.74, 6) is 1.08. The Morgan fingerprint density at radius 2 is 1.83 bits per heavy atom. The van der Waals surface area contributed by atoms with Gasteiger partial charge in [-0.25, -0.2) is 15.0 Å². The summed E-state index contributed by atoms with van der Waals surface area (Å²) in [6.07, 6.45) is 7.82. The number of aromatic nitrogens is 3. The molecule has 4 rings (SSSR count). The highest BCUT2D eigenvalue weighted by Crippen LogP contribution is 2.28. The normalized spacial score (nSPS) is 13.9. The zero-order valence-corrected chi connectivity index (χ0v) is 20.9. The number of rotatable bonds is 12. The monoisotopic (exact) mass is 486 g/mol. The fraction of sp³-hybridized carbons (Fsp3) is 0.321. The van der Waals surface area contributed by atoms with Crippen LogP contribution in [-0.2, 0) is 11.3 Å². The van der Waals surface area contributed by atoms with E-state index in [-0.39, 0.29) is 0 Å². The highest BCUT2D eigenvalue weighted by Gasteiger charge is 2.18. The van der Waals surface area contributed by atoms with Gasteiger partial charge in [0.2, 0.25) is 11.8 Å². The lowest BCUT2D eigenvalue weighted by molar-refractivity contribution is 0.149. The lowest BCUT2D eigenvalue weighted by atomic mass is 10.1. The van der Waals surface area contributed by atoms with E-state index in [4.69, 9.17) is 14.5 Å². The summed E-state index contributed by atoms with van der Waals surface area (Å²) in [5, 5.41) is 3.36. The van der Waals surface area contributed by atoms with Crippen molar-refractivity contribution in [1.29, 1.82) is 0 Å². The topological polar surface area (TPSA) is 75.6 Å². The Kier molecular flexibility index (Phi) is 9.02. The molecule has 3 heterocycles. The number of hydrogen-bond acceptors (Lipinski definition) is 8. The van der Waals surface area contributed by atoms with Crippen LogP contribution in [0.2, 0.25) is 0 Å². The van der Waals surface area contributed by atoms with E-state index in [9.17, 15) is 0 Å². The first-order chi connectivity index (χ1) is 17.7. The summed E-state index contributed by atoms with van der Waals surface area (Å²) < 4.78 is 11.5. The molecule has 8 nitrogen and oxygen atoms in total. The number of pyridine rings is 1. The summed E-state index contributed by atoms with van der Waals surface area (Å²) in [7, 11) is 2.16. The van der Waals surface area contributed by atoms with Gasteiger partial charge in [0.15, 0.2) is 0 Å². The Balaban J connectivity index is 1.52. The standard InChI is InChI=1S/C28H34N6O2/c1-4-6-18-36-27-20-22(9-11-29-27)25-10-12-30-28(32-25)31-24-7-8-26(23(19-24)21-35-17-5-2)34-15-13-33(3)14-16-34/h4-5,7-12,19-20H,1-2,6,13-18,21H2,3H3,(H,30,31,32). The maximum Gasteiger partial charge on any atom is 0.227 e. The fourth-order valence-corrected chi connectivity index (χ4v) is 3.99. The van der Waals surface area contributed by atoms with E-state index in [1.54, 1.807) is 18.5 Å². The number of hydrogen-bond donors (Lipinski definition) is 1. The quantitative estimate of drug-likeness (QED) is 0.292. The van der Waals surface area contributed by atoms with Crippen molar-refractivity contribution in [2.45, 2.75) is 13.0 Å². The van der Waals surface area contributed by atoms with Crippen molar-refractivity contribution in [3.8, 4) is 17.1 Å². The van der Waals surface area contributed by atoms with Gasteiger partial charge in [0.1, 0.15) is 0 Å². The first-order valence-electron chi connectivity index (χ1n) is 12.2. The Bertz CT molecular complexity index is 1160. The Morgan fingerprint density at radius 3 is 2.64 bits per heavy atom. The number of nitrogens with one attached hydrogen (secondary N) is 1. The number of anilines is 3. The van der Waals surface area contributed by atoms with E-state index < -0.39 is 0 Å². The molecule has 0 atom stereocenters. The molecule has 1 N–H and O–H groups in total. The number of nitrogens with zero attached hydrogens (tertiary/aromatic N) is 5. The summed E-state index contributed by atoms with van der Waals surface area (Å²) in [4.78, 5) is 18.2. The summed E-state index contributed by atoms with van der Waals surface area (Å²) in [6.45, 7) is 13.1. The molecule has 1 aliphatic rings. The van der Waals surface area contributed by atoms with Gasteiger partial charge in [-0.05, 0) is 43.8 Å². The molecule has 0 saturated carbocycles. The molecule has 2 aromatic heterocycles. The second kappa shape index (κ2) is 12.8. The molecule has 0 radical (unpaired) electrons. The molecule has 188 valence electrons. The molecule has 1 saturated heterocycles. The van der Waals surface area contributed by atoms with Gasteiger partial charge in [0.25, 0.3) is 0 Å². The molecule has 0 bridgehead atoms. The zero-order chi connectivity index (χ0) is 25.2. The lowest BCUT2D eigenvalue weighted by Gasteiger charge is -2.35. The highest BCUT2D eigenvalue weighted by atomic mass is 16.5. The highest BCUT2D eigenvalue weighted by molar-refractivity contribution is 5.66. The molecule has 8 heteroatoms. The van der Waals surface area contributed by atoms with E-state index in [0.717, 1.165) is 55.1 Å². The van der Waals surface area contributed by atoms with Gasteiger partial charge >= 0.3 is 0 Å². The third kappa shape index (κ3) is 6.90. The maximum absolute atomic E-state index is 5.81. The van der Waals surface area contributed by atoms with Crippen LogP contribution in [0, 0.1) is 0 Å². The first-order valence-corrected chi connectivity index (χ1v) is 12.2. The summed E-state index contributed by atoms with van der Waals surface area (Å²) >= 11 is 0. The van der Waals surface area contributed by atoms with Crippen LogP contribution < -0.4 is 15.0 Å². The molecule has 0 aliphatic carbocycles. The lowest BCUT2D eigenvalue weighted by Crippen LogP contribution is -2.44. The number of likely N-dealkylation sites (N-methyl/N-ethyl adjacent to an activating group) is 1. The largest absolute Gasteiger partial charge is 0.477 e. The van der Waals surface area contributed by atoms with Crippen molar-refractivity contribution in [2.75, 3.05) is 56.7 Å². The van der Waals surface area contributed by atoms with Gasteiger partial charge in [-0.2, -0.15) is 0 Å². The third-order valence-corrected chi connectivity index (χ3v) is 5.93. The molecule has 1 aromatic carbocycles. The smallest absolute Gasteiger partial charge is 0.227 e. The minimum atomic E-state index is 0.510. The predicted octanol–water partition coefficient (Wildman–Crippen LogP) is 4.69. The molecule has 0 spiro atoms. The van der Waals surface area contributed by atoms with E-state index in [1.807, 2.05) is 24.3 Å². The van der Waals surface area contributed by atoms with Crippen LogP contribution in [0.3, 0.4) is 0 Å². The van der Waals surface area contributed by atoms with Crippen LogP contribution >= 0.6 is 0 Å². The number of ether oxygens (including phenoxy) is 2. The van der Waals surface area contributed by atoms with Crippen molar-refractivity contribution in [3.63, 3.8) is 0 Å². The van der Waals surface area contributed by atoms with E-state index in [1.165, 1.54) is 5.69 Å². The SMILES string of the molecule is C=CCCOc1cc(-c2ccnc(Nc3ccc(N4CCN(C)CC4)c(COCC=C)c3)n2)ccn1. The number of benzene rings is 1. The number of piperazine rings is 1. The fourth-order valence-electron chi connectivity index (χ4n) is 3.99. The van der Waals surface area contributed by atoms with Crippen molar-refractivity contribution < 1.29 is 9.47 Å². The molecular formula is C28H34N6O2. The van der Waals surface area contributed by atoms with Crippen molar-refractivity contribution >= 4 is 17.3 Å². The summed E-state index contributed by atoms with van der Waals surface area (Å²) in [6, 6.07) is 12.0. The molecule has 1 aliphatic heterocycles. The molecule has 0 amide bonds. The van der Waals surface area contributed by atoms with Gasteiger partial charge in [0, 0.05) is 67.1 Å². The summed E-state index contributed by atoms with van der Waals surface area (Å²) in [5.41, 5.74) is 4.93. The molecule has 36 heavy (non-hydrogen) atoms. The Hall–Kier alpha value is -3.75. The minimum absolute atomic E-state index is 0.510. The van der Waals surface area contributed by atoms with Crippen molar-refractivity contribution in [1.82, 2.24) is 19.9 Å². The van der Waals surface area contributed by atoms with Crippen LogP contribution in [-0.4, -0.2) is 66.3 Å². The first kappa shape index (κ1) is 25.3. The van der Waals surface area contributed by atoms with Gasteiger partial charge in [-0.1, -0.05) is 12.2 Å². The third-order valence-electron chi connectivity index (χ3n) is 5.93. The molecular weight excluding hydrogens is 452 g/mol. The average Bonchev–Trinajstić information content (AvgIpc) is 2.90. The van der Waals surface area contributed by atoms with E-state index >= 15 is 0 Å². The van der Waals surface area contributed by atoms with Crippen LogP contribution in [0.25, 0.3) is 11.3 Å². The van der Waals surface area contributed by atoms with Crippen molar-refractivity contribution in [2.24, 2.45) is 0 Å². The van der Waals surface area contributed by atoms with Crippen LogP contribution in [0.1, 0.15) is 12.0 Å². The van der Waals surface area contributed by atoms with Gasteiger partial charge in [-0.3, -0.25) is 0 Å².